The molecule has 0 saturated heterocycles. The summed E-state index contributed by atoms with van der Waals surface area (Å²) in [5.74, 6) is -1.80. The molecule has 20 heavy (non-hydrogen) atoms. The Balaban J connectivity index is 2.35. The highest BCUT2D eigenvalue weighted by Gasteiger charge is 2.18. The van der Waals surface area contributed by atoms with E-state index in [0.717, 1.165) is 23.5 Å². The standard InChI is InChI=1S/C11H8ClNO5S2/c12-9-3-4-10(19-9)20(17,18)13-6-1-2-8(14)7(5-6)11(15)16/h1-5,13-14H,(H,15,16). The lowest BCUT2D eigenvalue weighted by atomic mass is 10.2. The fourth-order valence-electron chi connectivity index (χ4n) is 1.42. The van der Waals surface area contributed by atoms with Crippen LogP contribution in [0.15, 0.2) is 34.5 Å². The predicted molar refractivity (Wildman–Crippen MR) is 75.2 cm³/mol. The summed E-state index contributed by atoms with van der Waals surface area (Å²) < 4.78 is 26.6. The van der Waals surface area contributed by atoms with Crippen molar-refractivity contribution in [3.8, 4) is 5.75 Å². The minimum atomic E-state index is -3.84. The van der Waals surface area contributed by atoms with E-state index < -0.39 is 27.3 Å². The summed E-state index contributed by atoms with van der Waals surface area (Å²) >= 11 is 6.55. The molecular formula is C11H8ClNO5S2. The van der Waals surface area contributed by atoms with Gasteiger partial charge < -0.3 is 10.2 Å². The molecule has 0 atom stereocenters. The monoisotopic (exact) mass is 333 g/mol. The number of carboxylic acid groups (broad SMARTS) is 1. The predicted octanol–water partition coefficient (Wildman–Crippen LogP) is 2.61. The third kappa shape index (κ3) is 3.03. The van der Waals surface area contributed by atoms with Crippen LogP contribution in [-0.2, 0) is 10.0 Å². The van der Waals surface area contributed by atoms with Crippen LogP contribution in [0.3, 0.4) is 0 Å². The van der Waals surface area contributed by atoms with Gasteiger partial charge in [-0.25, -0.2) is 13.2 Å². The lowest BCUT2D eigenvalue weighted by Crippen LogP contribution is -2.12. The van der Waals surface area contributed by atoms with E-state index in [4.69, 9.17) is 16.7 Å². The Kier molecular flexibility index (Phi) is 3.89. The van der Waals surface area contributed by atoms with Crippen molar-refractivity contribution in [3.63, 3.8) is 0 Å². The highest BCUT2D eigenvalue weighted by molar-refractivity contribution is 7.94. The Bertz CT molecular complexity index is 769. The first-order valence-corrected chi connectivity index (χ1v) is 7.82. The van der Waals surface area contributed by atoms with Gasteiger partial charge in [-0.3, -0.25) is 4.72 Å². The number of halogens is 1. The van der Waals surface area contributed by atoms with E-state index in [1.54, 1.807) is 0 Å². The van der Waals surface area contributed by atoms with E-state index >= 15 is 0 Å². The lowest BCUT2D eigenvalue weighted by Gasteiger charge is -2.07. The summed E-state index contributed by atoms with van der Waals surface area (Å²) in [6.07, 6.45) is 0. The summed E-state index contributed by atoms with van der Waals surface area (Å²) in [6.45, 7) is 0. The van der Waals surface area contributed by atoms with Crippen LogP contribution in [0.2, 0.25) is 4.34 Å². The van der Waals surface area contributed by atoms with E-state index in [2.05, 4.69) is 4.72 Å². The molecule has 0 unspecified atom stereocenters. The second kappa shape index (κ2) is 5.31. The molecule has 3 N–H and O–H groups in total. The third-order valence-electron chi connectivity index (χ3n) is 2.29. The molecule has 0 spiro atoms. The van der Waals surface area contributed by atoms with Gasteiger partial charge in [-0.1, -0.05) is 11.6 Å². The Morgan fingerprint density at radius 1 is 1.25 bits per heavy atom. The van der Waals surface area contributed by atoms with E-state index in [-0.39, 0.29) is 9.90 Å². The number of thiophene rings is 1. The summed E-state index contributed by atoms with van der Waals surface area (Å²) in [5.41, 5.74) is -0.362. The van der Waals surface area contributed by atoms with Crippen molar-refractivity contribution in [2.24, 2.45) is 0 Å². The van der Waals surface area contributed by atoms with Crippen LogP contribution in [0.5, 0.6) is 5.75 Å². The maximum Gasteiger partial charge on any atom is 0.339 e. The summed E-state index contributed by atoms with van der Waals surface area (Å²) in [7, 11) is -3.84. The van der Waals surface area contributed by atoms with Crippen molar-refractivity contribution in [2.45, 2.75) is 4.21 Å². The Labute approximate surface area is 123 Å². The molecule has 0 fully saturated rings. The number of anilines is 1. The van der Waals surface area contributed by atoms with Crippen LogP contribution in [-0.4, -0.2) is 24.6 Å². The summed E-state index contributed by atoms with van der Waals surface area (Å²) in [6, 6.07) is 6.18. The van der Waals surface area contributed by atoms with Crippen LogP contribution in [0, 0.1) is 0 Å². The molecule has 2 aromatic rings. The Morgan fingerprint density at radius 3 is 2.50 bits per heavy atom. The number of hydrogen-bond acceptors (Lipinski definition) is 5. The van der Waals surface area contributed by atoms with Gasteiger partial charge in [-0.05, 0) is 30.3 Å². The molecule has 0 saturated carbocycles. The maximum absolute atomic E-state index is 12.0. The van der Waals surface area contributed by atoms with Crippen molar-refractivity contribution in [1.82, 2.24) is 0 Å². The molecule has 0 amide bonds. The minimum Gasteiger partial charge on any atom is -0.507 e. The fourth-order valence-corrected chi connectivity index (χ4v) is 3.95. The number of rotatable bonds is 4. The van der Waals surface area contributed by atoms with Crippen molar-refractivity contribution in [2.75, 3.05) is 4.72 Å². The summed E-state index contributed by atoms with van der Waals surface area (Å²) in [4.78, 5) is 10.9. The largest absolute Gasteiger partial charge is 0.507 e. The lowest BCUT2D eigenvalue weighted by molar-refractivity contribution is 0.0694. The van der Waals surface area contributed by atoms with E-state index in [1.165, 1.54) is 18.2 Å². The van der Waals surface area contributed by atoms with E-state index in [0.29, 0.717) is 4.34 Å². The number of nitrogens with one attached hydrogen (secondary N) is 1. The van der Waals surface area contributed by atoms with Gasteiger partial charge in [-0.2, -0.15) is 0 Å². The van der Waals surface area contributed by atoms with Crippen molar-refractivity contribution >= 4 is 44.6 Å². The number of carbonyl (C=O) groups is 1. The molecule has 0 aliphatic rings. The zero-order chi connectivity index (χ0) is 14.9. The topological polar surface area (TPSA) is 104 Å². The van der Waals surface area contributed by atoms with Gasteiger partial charge in [0.25, 0.3) is 10.0 Å². The van der Waals surface area contributed by atoms with Crippen LogP contribution < -0.4 is 4.72 Å². The average molecular weight is 334 g/mol. The molecule has 1 aromatic carbocycles. The zero-order valence-corrected chi connectivity index (χ0v) is 12.1. The first-order valence-electron chi connectivity index (χ1n) is 5.14. The number of phenols is 1. The first kappa shape index (κ1) is 14.6. The van der Waals surface area contributed by atoms with Crippen molar-refractivity contribution < 1.29 is 23.4 Å². The normalized spacial score (nSPS) is 11.2. The number of hydrogen-bond donors (Lipinski definition) is 3. The number of aromatic carboxylic acids is 1. The molecule has 1 aromatic heterocycles. The quantitative estimate of drug-likeness (QED) is 0.746. The first-order chi connectivity index (χ1) is 9.29. The van der Waals surface area contributed by atoms with Crippen molar-refractivity contribution in [3.05, 3.63) is 40.2 Å². The maximum atomic E-state index is 12.0. The van der Waals surface area contributed by atoms with Crippen LogP contribution in [0.1, 0.15) is 10.4 Å². The number of benzene rings is 1. The highest BCUT2D eigenvalue weighted by Crippen LogP contribution is 2.28. The second-order valence-corrected chi connectivity index (χ2v) is 7.33. The van der Waals surface area contributed by atoms with Gasteiger partial charge >= 0.3 is 5.97 Å². The Hall–Kier alpha value is -1.77. The van der Waals surface area contributed by atoms with Gasteiger partial charge in [0.2, 0.25) is 0 Å². The van der Waals surface area contributed by atoms with Gasteiger partial charge in [0.1, 0.15) is 15.5 Å². The number of aromatic hydroxyl groups is 1. The van der Waals surface area contributed by atoms with Gasteiger partial charge in [0, 0.05) is 5.69 Å². The second-order valence-electron chi connectivity index (χ2n) is 3.70. The molecular weight excluding hydrogens is 326 g/mol. The molecule has 9 heteroatoms. The minimum absolute atomic E-state index is 0.00690. The van der Waals surface area contributed by atoms with Crippen LogP contribution >= 0.6 is 22.9 Å². The third-order valence-corrected chi connectivity index (χ3v) is 5.40. The molecule has 0 aliphatic carbocycles. The zero-order valence-electron chi connectivity index (χ0n) is 9.70. The van der Waals surface area contributed by atoms with Gasteiger partial charge in [-0.15, -0.1) is 11.3 Å². The highest BCUT2D eigenvalue weighted by atomic mass is 35.5. The molecule has 0 radical (unpaired) electrons. The molecule has 0 aliphatic heterocycles. The van der Waals surface area contributed by atoms with E-state index in [1.807, 2.05) is 0 Å². The number of carboxylic acids is 1. The van der Waals surface area contributed by atoms with Gasteiger partial charge in [0.05, 0.1) is 4.34 Å². The Morgan fingerprint density at radius 2 is 1.95 bits per heavy atom. The fraction of sp³-hybridized carbons (Fsp3) is 0. The van der Waals surface area contributed by atoms with Gasteiger partial charge in [0.15, 0.2) is 0 Å². The SMILES string of the molecule is O=C(O)c1cc(NS(=O)(=O)c2ccc(Cl)s2)ccc1O. The number of sulfonamides is 1. The molecule has 106 valence electrons. The van der Waals surface area contributed by atoms with Crippen molar-refractivity contribution in [1.29, 1.82) is 0 Å². The molecule has 1 heterocycles. The molecule has 6 nitrogen and oxygen atoms in total. The summed E-state index contributed by atoms with van der Waals surface area (Å²) in [5, 5.41) is 18.2. The molecule has 2 rings (SSSR count). The average Bonchev–Trinajstić information content (AvgIpc) is 2.78. The van der Waals surface area contributed by atoms with Crippen LogP contribution in [0.25, 0.3) is 0 Å². The van der Waals surface area contributed by atoms with Crippen LogP contribution in [0.4, 0.5) is 5.69 Å². The smallest absolute Gasteiger partial charge is 0.339 e. The molecule has 0 bridgehead atoms. The van der Waals surface area contributed by atoms with E-state index in [9.17, 15) is 18.3 Å².